The summed E-state index contributed by atoms with van der Waals surface area (Å²) in [6.07, 6.45) is 2.90. The summed E-state index contributed by atoms with van der Waals surface area (Å²) >= 11 is 0. The molecule has 4 heteroatoms. The molecule has 0 radical (unpaired) electrons. The minimum absolute atomic E-state index is 0.145. The fourth-order valence-corrected chi connectivity index (χ4v) is 2.21. The molecule has 0 saturated carbocycles. The molecule has 4 nitrogen and oxygen atoms in total. The van der Waals surface area contributed by atoms with Crippen molar-refractivity contribution in [2.75, 3.05) is 7.05 Å². The first kappa shape index (κ1) is 12.8. The molecular weight excluding hydrogens is 224 g/mol. The summed E-state index contributed by atoms with van der Waals surface area (Å²) in [7, 11) is 1.97. The van der Waals surface area contributed by atoms with E-state index in [1.807, 2.05) is 17.9 Å². The number of aryl methyl sites for hydroxylation is 2. The molecule has 0 bridgehead atoms. The summed E-state index contributed by atoms with van der Waals surface area (Å²) in [5.41, 5.74) is 3.63. The first-order chi connectivity index (χ1) is 8.76. The van der Waals surface area contributed by atoms with Gasteiger partial charge in [-0.25, -0.2) is 4.68 Å². The maximum atomic E-state index is 4.15. The molecule has 0 aliphatic heterocycles. The highest BCUT2D eigenvalue weighted by atomic mass is 15.4. The van der Waals surface area contributed by atoms with Crippen molar-refractivity contribution in [3.05, 3.63) is 47.3 Å². The minimum atomic E-state index is 0.145. The molecule has 1 aromatic carbocycles. The predicted octanol–water partition coefficient (Wildman–Crippen LogP) is 2.31. The van der Waals surface area contributed by atoms with Crippen LogP contribution in [-0.4, -0.2) is 22.0 Å². The lowest BCUT2D eigenvalue weighted by atomic mass is 10.0. The Balaban J connectivity index is 2.36. The zero-order valence-corrected chi connectivity index (χ0v) is 11.2. The van der Waals surface area contributed by atoms with Crippen LogP contribution in [0, 0.1) is 6.92 Å². The van der Waals surface area contributed by atoms with Crippen molar-refractivity contribution in [1.82, 2.24) is 20.3 Å². The van der Waals surface area contributed by atoms with Gasteiger partial charge in [-0.05, 0) is 26.0 Å². The Morgan fingerprint density at radius 2 is 2.22 bits per heavy atom. The van der Waals surface area contributed by atoms with Crippen molar-refractivity contribution in [3.8, 4) is 0 Å². The van der Waals surface area contributed by atoms with Gasteiger partial charge in [0.05, 0.1) is 17.9 Å². The van der Waals surface area contributed by atoms with Crippen molar-refractivity contribution in [1.29, 1.82) is 0 Å². The van der Waals surface area contributed by atoms with E-state index in [2.05, 4.69) is 53.7 Å². The van der Waals surface area contributed by atoms with E-state index in [0.717, 1.165) is 18.7 Å². The van der Waals surface area contributed by atoms with Gasteiger partial charge >= 0.3 is 0 Å². The van der Waals surface area contributed by atoms with Crippen LogP contribution in [-0.2, 0) is 6.54 Å². The van der Waals surface area contributed by atoms with Crippen LogP contribution < -0.4 is 5.32 Å². The maximum Gasteiger partial charge on any atom is 0.0801 e. The number of benzene rings is 1. The van der Waals surface area contributed by atoms with Gasteiger partial charge in [-0.1, -0.05) is 42.0 Å². The monoisotopic (exact) mass is 244 g/mol. The number of nitrogens with one attached hydrogen (secondary N) is 1. The van der Waals surface area contributed by atoms with Gasteiger partial charge in [0.25, 0.3) is 0 Å². The van der Waals surface area contributed by atoms with Gasteiger partial charge in [0.15, 0.2) is 0 Å². The van der Waals surface area contributed by atoms with Gasteiger partial charge in [0, 0.05) is 6.54 Å². The van der Waals surface area contributed by atoms with E-state index < -0.39 is 0 Å². The average Bonchev–Trinajstić information content (AvgIpc) is 2.79. The van der Waals surface area contributed by atoms with E-state index in [1.165, 1.54) is 11.1 Å². The Kier molecular flexibility index (Phi) is 4.10. The van der Waals surface area contributed by atoms with Crippen LogP contribution in [0.4, 0.5) is 0 Å². The van der Waals surface area contributed by atoms with Crippen LogP contribution >= 0.6 is 0 Å². The Bertz CT molecular complexity index is 504. The smallest absolute Gasteiger partial charge is 0.0801 e. The van der Waals surface area contributed by atoms with Crippen LogP contribution in [0.5, 0.6) is 0 Å². The van der Waals surface area contributed by atoms with E-state index in [1.54, 1.807) is 0 Å². The molecule has 18 heavy (non-hydrogen) atoms. The van der Waals surface area contributed by atoms with Crippen LogP contribution in [0.15, 0.2) is 30.5 Å². The van der Waals surface area contributed by atoms with Crippen molar-refractivity contribution >= 4 is 0 Å². The third-order valence-electron chi connectivity index (χ3n) is 3.04. The highest BCUT2D eigenvalue weighted by Gasteiger charge is 2.17. The molecule has 1 atom stereocenters. The SMILES string of the molecule is CCCn1nncc1C(NC)c1cccc(C)c1. The zero-order valence-electron chi connectivity index (χ0n) is 11.2. The van der Waals surface area contributed by atoms with E-state index in [-0.39, 0.29) is 6.04 Å². The van der Waals surface area contributed by atoms with Crippen LogP contribution in [0.3, 0.4) is 0 Å². The molecule has 1 unspecified atom stereocenters. The largest absolute Gasteiger partial charge is 0.308 e. The molecule has 2 rings (SSSR count). The second-order valence-corrected chi connectivity index (χ2v) is 4.52. The minimum Gasteiger partial charge on any atom is -0.308 e. The first-order valence-corrected chi connectivity index (χ1v) is 6.38. The molecule has 2 aromatic rings. The zero-order chi connectivity index (χ0) is 13.0. The van der Waals surface area contributed by atoms with Gasteiger partial charge in [0.2, 0.25) is 0 Å². The van der Waals surface area contributed by atoms with Crippen molar-refractivity contribution < 1.29 is 0 Å². The van der Waals surface area contributed by atoms with Crippen LogP contribution in [0.25, 0.3) is 0 Å². The van der Waals surface area contributed by atoms with Crippen molar-refractivity contribution in [2.45, 2.75) is 32.9 Å². The number of hydrogen-bond acceptors (Lipinski definition) is 3. The third-order valence-corrected chi connectivity index (χ3v) is 3.04. The van der Waals surface area contributed by atoms with Crippen molar-refractivity contribution in [3.63, 3.8) is 0 Å². The quantitative estimate of drug-likeness (QED) is 0.877. The summed E-state index contributed by atoms with van der Waals surface area (Å²) in [6, 6.07) is 8.68. The van der Waals surface area contributed by atoms with Gasteiger partial charge < -0.3 is 5.32 Å². The molecule has 0 amide bonds. The fraction of sp³-hybridized carbons (Fsp3) is 0.429. The Morgan fingerprint density at radius 3 is 2.89 bits per heavy atom. The normalized spacial score (nSPS) is 12.6. The molecule has 0 saturated heterocycles. The van der Waals surface area contributed by atoms with Crippen LogP contribution in [0.1, 0.15) is 36.2 Å². The lowest BCUT2D eigenvalue weighted by Gasteiger charge is -2.18. The van der Waals surface area contributed by atoms with E-state index in [4.69, 9.17) is 0 Å². The number of rotatable bonds is 5. The lowest BCUT2D eigenvalue weighted by molar-refractivity contribution is 0.523. The Morgan fingerprint density at radius 1 is 1.39 bits per heavy atom. The molecule has 1 aromatic heterocycles. The summed E-state index contributed by atoms with van der Waals surface area (Å²) in [6.45, 7) is 5.16. The van der Waals surface area contributed by atoms with Gasteiger partial charge in [-0.3, -0.25) is 0 Å². The second kappa shape index (κ2) is 5.78. The number of hydrogen-bond donors (Lipinski definition) is 1. The molecule has 96 valence electrons. The summed E-state index contributed by atoms with van der Waals surface area (Å²) in [5.74, 6) is 0. The summed E-state index contributed by atoms with van der Waals surface area (Å²) < 4.78 is 1.98. The summed E-state index contributed by atoms with van der Waals surface area (Å²) in [4.78, 5) is 0. The van der Waals surface area contributed by atoms with Crippen LogP contribution in [0.2, 0.25) is 0 Å². The van der Waals surface area contributed by atoms with Gasteiger partial charge in [-0.2, -0.15) is 0 Å². The van der Waals surface area contributed by atoms with Gasteiger partial charge in [-0.15, -0.1) is 5.10 Å². The molecule has 1 heterocycles. The van der Waals surface area contributed by atoms with Crippen molar-refractivity contribution in [2.24, 2.45) is 0 Å². The lowest BCUT2D eigenvalue weighted by Crippen LogP contribution is -2.21. The number of nitrogens with zero attached hydrogens (tertiary/aromatic N) is 3. The Labute approximate surface area is 108 Å². The van der Waals surface area contributed by atoms with E-state index in [9.17, 15) is 0 Å². The molecule has 0 spiro atoms. The molecule has 0 fully saturated rings. The highest BCUT2D eigenvalue weighted by molar-refractivity contribution is 5.30. The first-order valence-electron chi connectivity index (χ1n) is 6.38. The fourth-order valence-electron chi connectivity index (χ4n) is 2.21. The van der Waals surface area contributed by atoms with Gasteiger partial charge in [0.1, 0.15) is 0 Å². The van der Waals surface area contributed by atoms with E-state index >= 15 is 0 Å². The standard InChI is InChI=1S/C14H20N4/c1-4-8-18-13(10-16-17-18)14(15-3)12-7-5-6-11(2)9-12/h5-7,9-10,14-15H,4,8H2,1-3H3. The predicted molar refractivity (Wildman–Crippen MR) is 72.4 cm³/mol. The molecule has 0 aliphatic rings. The maximum absolute atomic E-state index is 4.15. The number of aromatic nitrogens is 3. The Hall–Kier alpha value is -1.68. The average molecular weight is 244 g/mol. The molecule has 0 aliphatic carbocycles. The second-order valence-electron chi connectivity index (χ2n) is 4.52. The third kappa shape index (κ3) is 2.59. The summed E-state index contributed by atoms with van der Waals surface area (Å²) in [5, 5.41) is 11.5. The van der Waals surface area contributed by atoms with E-state index in [0.29, 0.717) is 0 Å². The highest BCUT2D eigenvalue weighted by Crippen LogP contribution is 2.21. The molecule has 1 N–H and O–H groups in total. The molecular formula is C14H20N4. The topological polar surface area (TPSA) is 42.7 Å².